The molecule has 0 bridgehead atoms. The zero-order valence-corrected chi connectivity index (χ0v) is 12.5. The Bertz CT molecular complexity index is 657. The first kappa shape index (κ1) is 14.6. The maximum atomic E-state index is 12.3. The molecule has 0 saturated carbocycles. The number of aliphatic hydroxyl groups is 1. The molecule has 1 aliphatic heterocycles. The number of nitrogens with zero attached hydrogens (tertiary/aromatic N) is 5. The molecule has 0 unspecified atom stereocenters. The summed E-state index contributed by atoms with van der Waals surface area (Å²) in [5, 5.41) is 21.9. The second-order valence-corrected chi connectivity index (χ2v) is 5.66. The zero-order chi connectivity index (χ0) is 15.6. The van der Waals surface area contributed by atoms with Crippen molar-refractivity contribution >= 4 is 5.91 Å². The van der Waals surface area contributed by atoms with Crippen LogP contribution in [0.3, 0.4) is 0 Å². The van der Waals surface area contributed by atoms with Crippen molar-refractivity contribution in [1.29, 1.82) is 0 Å². The molecule has 2 aromatic rings. The van der Waals surface area contributed by atoms with Crippen LogP contribution in [0.25, 0.3) is 0 Å². The predicted octanol–water partition coefficient (Wildman–Crippen LogP) is 0.492. The smallest absolute Gasteiger partial charge is 0.224 e. The van der Waals surface area contributed by atoms with Crippen molar-refractivity contribution in [3.05, 3.63) is 41.7 Å². The van der Waals surface area contributed by atoms with E-state index in [1.807, 2.05) is 30.3 Å². The standard InChI is InChI=1S/C15H19N5O2/c1-12-16-17-18-20(12)9-7-14(21)19-10-8-15(22,11-19)13-5-3-2-4-6-13/h2-6,22H,7-11H2,1H3/t15-/m0/s1. The SMILES string of the molecule is Cc1nnnn1CCC(=O)N1CC[C@@](O)(c2ccccc2)C1. The number of aromatic nitrogens is 4. The Balaban J connectivity index is 1.60. The minimum atomic E-state index is -0.943. The van der Waals surface area contributed by atoms with Crippen LogP contribution in [0.5, 0.6) is 0 Å². The number of aryl methyl sites for hydroxylation is 2. The van der Waals surface area contributed by atoms with Gasteiger partial charge in [-0.2, -0.15) is 0 Å². The first-order valence-electron chi connectivity index (χ1n) is 7.37. The molecule has 1 fully saturated rings. The Hall–Kier alpha value is -2.28. The van der Waals surface area contributed by atoms with E-state index in [4.69, 9.17) is 0 Å². The summed E-state index contributed by atoms with van der Waals surface area (Å²) in [5.41, 5.74) is -0.0802. The van der Waals surface area contributed by atoms with Gasteiger partial charge in [-0.15, -0.1) is 5.10 Å². The summed E-state index contributed by atoms with van der Waals surface area (Å²) in [4.78, 5) is 14.0. The van der Waals surface area contributed by atoms with Gasteiger partial charge < -0.3 is 10.0 Å². The van der Waals surface area contributed by atoms with E-state index < -0.39 is 5.60 Å². The van der Waals surface area contributed by atoms with Crippen LogP contribution in [0.4, 0.5) is 0 Å². The van der Waals surface area contributed by atoms with Gasteiger partial charge >= 0.3 is 0 Å². The van der Waals surface area contributed by atoms with E-state index >= 15 is 0 Å². The molecule has 7 nitrogen and oxygen atoms in total. The molecule has 116 valence electrons. The lowest BCUT2D eigenvalue weighted by Gasteiger charge is -2.24. The fourth-order valence-electron chi connectivity index (χ4n) is 2.81. The van der Waals surface area contributed by atoms with Gasteiger partial charge in [-0.25, -0.2) is 4.68 Å². The van der Waals surface area contributed by atoms with Crippen LogP contribution in [0.15, 0.2) is 30.3 Å². The predicted molar refractivity (Wildman–Crippen MR) is 78.7 cm³/mol. The van der Waals surface area contributed by atoms with Gasteiger partial charge in [0.05, 0.1) is 13.1 Å². The van der Waals surface area contributed by atoms with Crippen molar-refractivity contribution in [3.63, 3.8) is 0 Å². The molecule has 1 aromatic carbocycles. The van der Waals surface area contributed by atoms with E-state index in [-0.39, 0.29) is 5.91 Å². The topological polar surface area (TPSA) is 84.1 Å². The molecule has 1 atom stereocenters. The molecule has 7 heteroatoms. The van der Waals surface area contributed by atoms with Crippen LogP contribution < -0.4 is 0 Å². The molecule has 0 radical (unpaired) electrons. The molecular formula is C15H19N5O2. The van der Waals surface area contributed by atoms with Gasteiger partial charge in [-0.05, 0) is 29.3 Å². The zero-order valence-electron chi connectivity index (χ0n) is 12.5. The molecule has 1 saturated heterocycles. The van der Waals surface area contributed by atoms with E-state index in [9.17, 15) is 9.90 Å². The van der Waals surface area contributed by atoms with Gasteiger partial charge in [0, 0.05) is 13.0 Å². The van der Waals surface area contributed by atoms with Crippen LogP contribution in [-0.2, 0) is 16.9 Å². The number of likely N-dealkylation sites (tertiary alicyclic amines) is 1. The number of carbonyl (C=O) groups is 1. The molecule has 0 aliphatic carbocycles. The summed E-state index contributed by atoms with van der Waals surface area (Å²) in [5.74, 6) is 0.705. The third kappa shape index (κ3) is 2.85. The van der Waals surface area contributed by atoms with Gasteiger partial charge in [0.1, 0.15) is 11.4 Å². The number of amides is 1. The summed E-state index contributed by atoms with van der Waals surface area (Å²) in [6.07, 6.45) is 0.892. The lowest BCUT2D eigenvalue weighted by atomic mass is 9.93. The van der Waals surface area contributed by atoms with Crippen LogP contribution in [0.1, 0.15) is 24.2 Å². The highest BCUT2D eigenvalue weighted by Crippen LogP contribution is 2.31. The third-order valence-electron chi connectivity index (χ3n) is 4.16. The highest BCUT2D eigenvalue weighted by Gasteiger charge is 2.39. The van der Waals surface area contributed by atoms with Gasteiger partial charge in [0.25, 0.3) is 0 Å². The first-order valence-corrected chi connectivity index (χ1v) is 7.37. The van der Waals surface area contributed by atoms with E-state index in [1.54, 1.807) is 16.5 Å². The van der Waals surface area contributed by atoms with E-state index in [1.165, 1.54) is 0 Å². The molecule has 0 spiro atoms. The average molecular weight is 301 g/mol. The Morgan fingerprint density at radius 3 is 2.82 bits per heavy atom. The van der Waals surface area contributed by atoms with Crippen LogP contribution in [0, 0.1) is 6.92 Å². The molecule has 1 aromatic heterocycles. The highest BCUT2D eigenvalue weighted by atomic mass is 16.3. The van der Waals surface area contributed by atoms with Gasteiger partial charge in [0.15, 0.2) is 0 Å². The largest absolute Gasteiger partial charge is 0.383 e. The van der Waals surface area contributed by atoms with Crippen LogP contribution >= 0.6 is 0 Å². The van der Waals surface area contributed by atoms with Crippen LogP contribution in [0.2, 0.25) is 0 Å². The maximum absolute atomic E-state index is 12.3. The molecule has 1 aliphatic rings. The number of benzene rings is 1. The van der Waals surface area contributed by atoms with Crippen molar-refractivity contribution in [2.24, 2.45) is 0 Å². The molecule has 1 N–H and O–H groups in total. The molecular weight excluding hydrogens is 282 g/mol. The number of tetrazole rings is 1. The van der Waals surface area contributed by atoms with Crippen LogP contribution in [-0.4, -0.2) is 49.2 Å². The summed E-state index contributed by atoms with van der Waals surface area (Å²) < 4.78 is 1.61. The van der Waals surface area contributed by atoms with E-state index in [2.05, 4.69) is 15.5 Å². The number of hydrogen-bond donors (Lipinski definition) is 1. The fourth-order valence-corrected chi connectivity index (χ4v) is 2.81. The fraction of sp³-hybridized carbons (Fsp3) is 0.467. The molecule has 3 rings (SSSR count). The molecule has 2 heterocycles. The van der Waals surface area contributed by atoms with Gasteiger partial charge in [-0.1, -0.05) is 30.3 Å². The molecule has 22 heavy (non-hydrogen) atoms. The summed E-state index contributed by atoms with van der Waals surface area (Å²) >= 11 is 0. The van der Waals surface area contributed by atoms with Gasteiger partial charge in [0.2, 0.25) is 5.91 Å². The minimum Gasteiger partial charge on any atom is -0.383 e. The number of β-amino-alcohol motifs (C(OH)–C–C–N with tert-alkyl or cyclic N) is 1. The summed E-state index contributed by atoms with van der Waals surface area (Å²) in [6.45, 7) is 3.16. The second-order valence-electron chi connectivity index (χ2n) is 5.66. The quantitative estimate of drug-likeness (QED) is 0.888. The summed E-state index contributed by atoms with van der Waals surface area (Å²) in [6, 6.07) is 9.52. The minimum absolute atomic E-state index is 0.0155. The third-order valence-corrected chi connectivity index (χ3v) is 4.16. The van der Waals surface area contributed by atoms with Crippen molar-refractivity contribution in [1.82, 2.24) is 25.1 Å². The van der Waals surface area contributed by atoms with E-state index in [0.717, 1.165) is 5.56 Å². The second kappa shape index (κ2) is 5.84. The van der Waals surface area contributed by atoms with E-state index in [0.29, 0.717) is 38.3 Å². The monoisotopic (exact) mass is 301 g/mol. The number of carbonyl (C=O) groups excluding carboxylic acids is 1. The van der Waals surface area contributed by atoms with Crippen molar-refractivity contribution < 1.29 is 9.90 Å². The lowest BCUT2D eigenvalue weighted by Crippen LogP contribution is -2.34. The Morgan fingerprint density at radius 2 is 2.14 bits per heavy atom. The average Bonchev–Trinajstić information content (AvgIpc) is 3.13. The normalized spacial score (nSPS) is 21.3. The highest BCUT2D eigenvalue weighted by molar-refractivity contribution is 5.76. The Labute approximate surface area is 128 Å². The number of rotatable bonds is 4. The first-order chi connectivity index (χ1) is 10.6. The Kier molecular flexibility index (Phi) is 3.89. The number of hydrogen-bond acceptors (Lipinski definition) is 5. The van der Waals surface area contributed by atoms with Crippen molar-refractivity contribution in [2.45, 2.75) is 31.9 Å². The molecule has 1 amide bonds. The Morgan fingerprint density at radius 1 is 1.36 bits per heavy atom. The lowest BCUT2D eigenvalue weighted by molar-refractivity contribution is -0.131. The maximum Gasteiger partial charge on any atom is 0.224 e. The van der Waals surface area contributed by atoms with Crippen molar-refractivity contribution in [2.75, 3.05) is 13.1 Å². The summed E-state index contributed by atoms with van der Waals surface area (Å²) in [7, 11) is 0. The van der Waals surface area contributed by atoms with Crippen molar-refractivity contribution in [3.8, 4) is 0 Å². The van der Waals surface area contributed by atoms with Gasteiger partial charge in [-0.3, -0.25) is 4.79 Å².